The van der Waals surface area contributed by atoms with Gasteiger partial charge >= 0.3 is 0 Å². The normalized spacial score (nSPS) is 25.2. The zero-order valence-corrected chi connectivity index (χ0v) is 13.5. The van der Waals surface area contributed by atoms with Gasteiger partial charge in [0.25, 0.3) is 0 Å². The van der Waals surface area contributed by atoms with Crippen LogP contribution in [0.15, 0.2) is 6.20 Å². The molecule has 0 aliphatic carbocycles. The van der Waals surface area contributed by atoms with Gasteiger partial charge in [-0.2, -0.15) is 4.98 Å². The predicted octanol–water partition coefficient (Wildman–Crippen LogP) is 1.28. The maximum absolute atomic E-state index is 5.93. The van der Waals surface area contributed by atoms with Gasteiger partial charge < -0.3 is 14.4 Å². The van der Waals surface area contributed by atoms with Crippen molar-refractivity contribution in [3.8, 4) is 0 Å². The Hall–Kier alpha value is -1.86. The minimum absolute atomic E-state index is 0.191. The van der Waals surface area contributed by atoms with E-state index in [1.807, 2.05) is 13.8 Å². The van der Waals surface area contributed by atoms with E-state index in [9.17, 15) is 0 Å². The molecule has 2 saturated heterocycles. The number of hydrogen-bond acceptors (Lipinski definition) is 7. The fourth-order valence-corrected chi connectivity index (χ4v) is 3.16. The van der Waals surface area contributed by atoms with E-state index in [0.29, 0.717) is 24.1 Å². The number of ether oxygens (including phenoxy) is 2. The van der Waals surface area contributed by atoms with Crippen molar-refractivity contribution in [3.63, 3.8) is 0 Å². The Morgan fingerprint density at radius 1 is 1.13 bits per heavy atom. The Balaban J connectivity index is 1.59. The van der Waals surface area contributed by atoms with Gasteiger partial charge in [-0.25, -0.2) is 15.0 Å². The molecule has 2 fully saturated rings. The second kappa shape index (κ2) is 5.98. The van der Waals surface area contributed by atoms with E-state index in [-0.39, 0.29) is 6.10 Å². The van der Waals surface area contributed by atoms with Gasteiger partial charge in [-0.05, 0) is 20.3 Å². The Morgan fingerprint density at radius 3 is 2.83 bits per heavy atom. The zero-order valence-electron chi connectivity index (χ0n) is 13.5. The van der Waals surface area contributed by atoms with E-state index in [2.05, 4.69) is 24.8 Å². The average molecular weight is 315 g/mol. The molecular weight excluding hydrogens is 294 g/mol. The maximum atomic E-state index is 5.93. The van der Waals surface area contributed by atoms with Crippen molar-refractivity contribution in [1.29, 1.82) is 0 Å². The molecule has 2 unspecified atom stereocenters. The number of anilines is 1. The number of rotatable bonds is 2. The molecule has 122 valence electrons. The average Bonchev–Trinajstić information content (AvgIpc) is 3.10. The van der Waals surface area contributed by atoms with Gasteiger partial charge in [0.1, 0.15) is 5.52 Å². The van der Waals surface area contributed by atoms with Crippen molar-refractivity contribution >= 4 is 17.1 Å². The fourth-order valence-electron chi connectivity index (χ4n) is 3.16. The molecule has 23 heavy (non-hydrogen) atoms. The van der Waals surface area contributed by atoms with Crippen LogP contribution in [-0.4, -0.2) is 59.0 Å². The molecule has 2 aliphatic rings. The molecule has 7 heteroatoms. The lowest BCUT2D eigenvalue weighted by atomic mass is 10.0. The minimum atomic E-state index is 0.191. The Bertz CT molecular complexity index is 717. The molecule has 0 spiro atoms. The van der Waals surface area contributed by atoms with E-state index in [4.69, 9.17) is 9.47 Å². The van der Waals surface area contributed by atoms with Gasteiger partial charge in [-0.1, -0.05) is 0 Å². The quantitative estimate of drug-likeness (QED) is 0.826. The summed E-state index contributed by atoms with van der Waals surface area (Å²) in [6.07, 6.45) is 3.03. The standard InChI is InChI=1S/C16H21N5O2/c1-10-11(2)19-15-13(18-10)7-17-16(20-15)21-4-6-23-14(8-21)12-3-5-22-9-12/h7,12,14H,3-6,8-9H2,1-2H3. The third-order valence-corrected chi connectivity index (χ3v) is 4.69. The highest BCUT2D eigenvalue weighted by atomic mass is 16.5. The molecule has 0 aromatic carbocycles. The summed E-state index contributed by atoms with van der Waals surface area (Å²) in [5.41, 5.74) is 3.22. The highest BCUT2D eigenvalue weighted by molar-refractivity contribution is 5.70. The number of hydrogen-bond donors (Lipinski definition) is 0. The summed E-state index contributed by atoms with van der Waals surface area (Å²) >= 11 is 0. The minimum Gasteiger partial charge on any atom is -0.381 e. The Kier molecular flexibility index (Phi) is 3.82. The first-order valence-electron chi connectivity index (χ1n) is 8.13. The van der Waals surface area contributed by atoms with Crippen LogP contribution in [0.4, 0.5) is 5.95 Å². The van der Waals surface area contributed by atoms with Crippen molar-refractivity contribution < 1.29 is 9.47 Å². The predicted molar refractivity (Wildman–Crippen MR) is 85.5 cm³/mol. The summed E-state index contributed by atoms with van der Waals surface area (Å²) in [5.74, 6) is 1.19. The van der Waals surface area contributed by atoms with Crippen LogP contribution in [0, 0.1) is 19.8 Å². The molecule has 0 amide bonds. The Labute approximate surface area is 135 Å². The van der Waals surface area contributed by atoms with Crippen LogP contribution < -0.4 is 4.90 Å². The second-order valence-electron chi connectivity index (χ2n) is 6.25. The number of morpholine rings is 1. The van der Waals surface area contributed by atoms with Gasteiger partial charge in [0, 0.05) is 25.6 Å². The fraction of sp³-hybridized carbons (Fsp3) is 0.625. The summed E-state index contributed by atoms with van der Waals surface area (Å²) in [6, 6.07) is 0. The first kappa shape index (κ1) is 14.7. The monoisotopic (exact) mass is 315 g/mol. The summed E-state index contributed by atoms with van der Waals surface area (Å²) in [5, 5.41) is 0. The number of aromatic nitrogens is 4. The summed E-state index contributed by atoms with van der Waals surface area (Å²) in [7, 11) is 0. The number of nitrogens with zero attached hydrogens (tertiary/aromatic N) is 5. The van der Waals surface area contributed by atoms with Crippen molar-refractivity contribution in [3.05, 3.63) is 17.6 Å². The molecule has 0 bridgehead atoms. The van der Waals surface area contributed by atoms with Crippen molar-refractivity contribution in [1.82, 2.24) is 19.9 Å². The zero-order chi connectivity index (χ0) is 15.8. The molecule has 2 aromatic heterocycles. The van der Waals surface area contributed by atoms with Gasteiger partial charge in [-0.3, -0.25) is 0 Å². The molecule has 4 rings (SSSR count). The van der Waals surface area contributed by atoms with Crippen LogP contribution in [0.2, 0.25) is 0 Å². The van der Waals surface area contributed by atoms with Crippen LogP contribution in [-0.2, 0) is 9.47 Å². The Morgan fingerprint density at radius 2 is 2.00 bits per heavy atom. The molecule has 4 heterocycles. The number of aryl methyl sites for hydroxylation is 2. The van der Waals surface area contributed by atoms with Crippen LogP contribution in [0.25, 0.3) is 11.2 Å². The molecule has 0 radical (unpaired) electrons. The van der Waals surface area contributed by atoms with E-state index >= 15 is 0 Å². The topological polar surface area (TPSA) is 73.3 Å². The summed E-state index contributed by atoms with van der Waals surface area (Å²) in [6.45, 7) is 7.83. The number of fused-ring (bicyclic) bond motifs is 1. The molecule has 7 nitrogen and oxygen atoms in total. The van der Waals surface area contributed by atoms with E-state index in [1.54, 1.807) is 6.20 Å². The maximum Gasteiger partial charge on any atom is 0.227 e. The van der Waals surface area contributed by atoms with Crippen molar-refractivity contribution in [2.75, 3.05) is 37.8 Å². The van der Waals surface area contributed by atoms with Crippen molar-refractivity contribution in [2.45, 2.75) is 26.4 Å². The molecule has 0 N–H and O–H groups in total. The molecule has 0 saturated carbocycles. The van der Waals surface area contributed by atoms with Crippen LogP contribution >= 0.6 is 0 Å². The highest BCUT2D eigenvalue weighted by Gasteiger charge is 2.31. The highest BCUT2D eigenvalue weighted by Crippen LogP contribution is 2.24. The van der Waals surface area contributed by atoms with Gasteiger partial charge in [0.2, 0.25) is 5.95 Å². The lowest BCUT2D eigenvalue weighted by molar-refractivity contribution is -0.00167. The SMILES string of the molecule is Cc1nc2cnc(N3CCOC(C4CCOC4)C3)nc2nc1C. The van der Waals surface area contributed by atoms with E-state index in [1.165, 1.54) is 0 Å². The molecular formula is C16H21N5O2. The van der Waals surface area contributed by atoms with E-state index < -0.39 is 0 Å². The lowest BCUT2D eigenvalue weighted by Crippen LogP contribution is -2.46. The van der Waals surface area contributed by atoms with Crippen LogP contribution in [0.3, 0.4) is 0 Å². The second-order valence-corrected chi connectivity index (χ2v) is 6.25. The summed E-state index contributed by atoms with van der Waals surface area (Å²) < 4.78 is 11.4. The largest absolute Gasteiger partial charge is 0.381 e. The van der Waals surface area contributed by atoms with Crippen molar-refractivity contribution in [2.24, 2.45) is 5.92 Å². The lowest BCUT2D eigenvalue weighted by Gasteiger charge is -2.35. The molecule has 2 aromatic rings. The molecule has 2 aliphatic heterocycles. The smallest absolute Gasteiger partial charge is 0.227 e. The van der Waals surface area contributed by atoms with Gasteiger partial charge in [-0.15, -0.1) is 0 Å². The summed E-state index contributed by atoms with van der Waals surface area (Å²) in [4.78, 5) is 20.3. The first-order chi connectivity index (χ1) is 11.2. The van der Waals surface area contributed by atoms with E-state index in [0.717, 1.165) is 49.6 Å². The van der Waals surface area contributed by atoms with Gasteiger partial charge in [0.05, 0.1) is 36.9 Å². The molecule has 2 atom stereocenters. The van der Waals surface area contributed by atoms with Crippen LogP contribution in [0.1, 0.15) is 17.8 Å². The third-order valence-electron chi connectivity index (χ3n) is 4.69. The third kappa shape index (κ3) is 2.86. The first-order valence-corrected chi connectivity index (χ1v) is 8.13. The van der Waals surface area contributed by atoms with Gasteiger partial charge in [0.15, 0.2) is 5.65 Å². The van der Waals surface area contributed by atoms with Crippen LogP contribution in [0.5, 0.6) is 0 Å².